The molecule has 0 saturated carbocycles. The summed E-state index contributed by atoms with van der Waals surface area (Å²) in [5.74, 6) is 2.33. The van der Waals surface area contributed by atoms with E-state index in [1.807, 2.05) is 0 Å². The van der Waals surface area contributed by atoms with Gasteiger partial charge in [-0.25, -0.2) is 0 Å². The van der Waals surface area contributed by atoms with E-state index in [-0.39, 0.29) is 65.9 Å². The summed E-state index contributed by atoms with van der Waals surface area (Å²) < 4.78 is 0. The molecular weight excluding hydrogens is 259 g/mol. The molecule has 1 radical (unpaired) electrons. The van der Waals surface area contributed by atoms with Crippen LogP contribution in [-0.2, 0) is 17.1 Å². The Morgan fingerprint density at radius 3 is 1.60 bits per heavy atom. The predicted octanol–water partition coefficient (Wildman–Crippen LogP) is -2.17. The maximum absolute atomic E-state index is 2.33. The standard InChI is InChI=1S/CH3.Al.Ba.Mn.H3Si.3H/h1H3;;;;1H3;;;. The molecule has 0 unspecified atom stereocenters. The summed E-state index contributed by atoms with van der Waals surface area (Å²) in [6.07, 6.45) is 0. The fourth-order valence-corrected chi connectivity index (χ4v) is 0. The maximum atomic E-state index is 2.33. The van der Waals surface area contributed by atoms with E-state index in [4.69, 9.17) is 0 Å². The van der Waals surface area contributed by atoms with Gasteiger partial charge in [-0.2, -0.15) is 0 Å². The van der Waals surface area contributed by atoms with Crippen LogP contribution in [0.1, 0.15) is 0 Å². The minimum Gasteiger partial charge on any atom is -0.112 e. The van der Waals surface area contributed by atoms with Gasteiger partial charge in [0.05, 0.1) is 0 Å². The van der Waals surface area contributed by atoms with Crippen molar-refractivity contribution in [1.29, 1.82) is 0 Å². The molecule has 0 aromatic carbocycles. The van der Waals surface area contributed by atoms with Gasteiger partial charge in [-0.1, -0.05) is 0 Å². The summed E-state index contributed by atoms with van der Waals surface area (Å²) in [4.78, 5) is 0. The second kappa shape index (κ2) is 15.8. The maximum Gasteiger partial charge on any atom is 0.213 e. The largest absolute Gasteiger partial charge is 0.213 e. The first kappa shape index (κ1) is 15.7. The molecule has 0 nitrogen and oxygen atoms in total. The molecule has 0 aliphatic rings. The van der Waals surface area contributed by atoms with E-state index in [1.165, 1.54) is 8.80 Å². The van der Waals surface area contributed by atoms with Crippen LogP contribution in [0.4, 0.5) is 0 Å². The van der Waals surface area contributed by atoms with Crippen molar-refractivity contribution >= 4 is 72.3 Å². The Morgan fingerprint density at radius 2 is 1.60 bits per heavy atom. The smallest absolute Gasteiger partial charge is 0.112 e. The molecular formula is CH9AlBaMnSi. The third-order valence-corrected chi connectivity index (χ3v) is 0. The molecule has 0 atom stereocenters. The Bertz CT molecular complexity index is 11.6. The van der Waals surface area contributed by atoms with E-state index in [9.17, 15) is 0 Å². The van der Waals surface area contributed by atoms with Crippen LogP contribution in [0.2, 0.25) is 5.79 Å². The van der Waals surface area contributed by atoms with Gasteiger partial charge in [0.25, 0.3) is 0 Å². The molecule has 0 fully saturated rings. The Hall–Kier alpha value is 2.84. The molecule has 0 heterocycles. The summed E-state index contributed by atoms with van der Waals surface area (Å²) in [5.41, 5.74) is 0. The van der Waals surface area contributed by atoms with Gasteiger partial charge >= 0.3 is 48.9 Å². The first-order chi connectivity index (χ1) is 1.41. The Kier molecular flexibility index (Phi) is 49.5. The second-order valence-corrected chi connectivity index (χ2v) is 6.36. The summed E-state index contributed by atoms with van der Waals surface area (Å²) in [6, 6.07) is 0. The summed E-state index contributed by atoms with van der Waals surface area (Å²) >= 11 is 0.556. The third-order valence-electron chi connectivity index (χ3n) is 0. The average molecular weight is 268 g/mol. The van der Waals surface area contributed by atoms with Crippen LogP contribution in [0.3, 0.4) is 0 Å². The van der Waals surface area contributed by atoms with E-state index >= 15 is 0 Å². The van der Waals surface area contributed by atoms with Crippen molar-refractivity contribution in [1.82, 2.24) is 0 Å². The van der Waals surface area contributed by atoms with E-state index in [0.717, 1.165) is 0 Å². The van der Waals surface area contributed by atoms with Gasteiger partial charge in [0.2, 0.25) is 14.6 Å². The molecule has 5 heavy (non-hydrogen) atoms. The summed E-state index contributed by atoms with van der Waals surface area (Å²) in [5, 5.41) is 0. The zero-order valence-corrected chi connectivity index (χ0v) is 7.68. The number of hydrogen-bond acceptors (Lipinski definition) is 0. The monoisotopic (exact) mass is 269 g/mol. The minimum atomic E-state index is 0. The minimum absolute atomic E-state index is 0. The van der Waals surface area contributed by atoms with Gasteiger partial charge in [-0.05, 0) is 8.80 Å². The SMILES string of the molecule is [BaH2].[CH3][AlH][SiH3].[Mn]. The number of hydrogen-bond donors (Lipinski definition) is 0. The normalized spacial score (nSPS) is 3.40. The van der Waals surface area contributed by atoms with Crippen molar-refractivity contribution in [2.24, 2.45) is 0 Å². The Morgan fingerprint density at radius 1 is 1.60 bits per heavy atom. The molecule has 0 N–H and O–H groups in total. The quantitative estimate of drug-likeness (QED) is 0.439. The fraction of sp³-hybridized carbons (Fsp3) is 1.00. The van der Waals surface area contributed by atoms with Crippen molar-refractivity contribution in [3.05, 3.63) is 0 Å². The van der Waals surface area contributed by atoms with Gasteiger partial charge < -0.3 is 0 Å². The fourth-order valence-electron chi connectivity index (χ4n) is 0. The van der Waals surface area contributed by atoms with E-state index in [1.54, 1.807) is 0 Å². The zero-order valence-electron chi connectivity index (χ0n) is 3.09. The van der Waals surface area contributed by atoms with Crippen LogP contribution in [0, 0.1) is 0 Å². The Balaban J connectivity index is -0.0000000200. The Labute approximate surface area is 93.0 Å². The average Bonchev–Trinajstić information content (AvgIpc) is 0.918. The molecule has 0 aliphatic heterocycles. The van der Waals surface area contributed by atoms with Crippen molar-refractivity contribution in [3.8, 4) is 0 Å². The van der Waals surface area contributed by atoms with Gasteiger partial charge in [-0.15, -0.1) is 5.79 Å². The summed E-state index contributed by atoms with van der Waals surface area (Å²) in [7, 11) is 1.51. The van der Waals surface area contributed by atoms with Crippen LogP contribution < -0.4 is 0 Å². The van der Waals surface area contributed by atoms with Crippen molar-refractivity contribution in [2.75, 3.05) is 0 Å². The van der Waals surface area contributed by atoms with Crippen LogP contribution in [0.15, 0.2) is 0 Å². The van der Waals surface area contributed by atoms with Crippen molar-refractivity contribution in [2.45, 2.75) is 5.79 Å². The number of rotatable bonds is 0. The molecule has 0 aromatic heterocycles. The molecule has 29 valence electrons. The molecule has 4 heteroatoms. The molecule has 0 rings (SSSR count). The zero-order chi connectivity index (χ0) is 2.71. The van der Waals surface area contributed by atoms with Crippen LogP contribution in [-0.4, -0.2) is 72.3 Å². The summed E-state index contributed by atoms with van der Waals surface area (Å²) in [6.45, 7) is 0. The molecule has 0 aromatic rings. The van der Waals surface area contributed by atoms with Crippen molar-refractivity contribution in [3.63, 3.8) is 0 Å². The third kappa shape index (κ3) is 19.9. The van der Waals surface area contributed by atoms with Gasteiger partial charge in [0.15, 0.2) is 0 Å². The van der Waals surface area contributed by atoms with Crippen LogP contribution in [0.5, 0.6) is 0 Å². The molecule has 0 saturated heterocycles. The second-order valence-electron chi connectivity index (χ2n) is 0.707. The van der Waals surface area contributed by atoms with Gasteiger partial charge in [0.1, 0.15) is 0 Å². The van der Waals surface area contributed by atoms with Gasteiger partial charge in [0, 0.05) is 17.1 Å². The van der Waals surface area contributed by atoms with Crippen LogP contribution in [0.25, 0.3) is 0 Å². The van der Waals surface area contributed by atoms with E-state index in [2.05, 4.69) is 5.79 Å². The molecule has 0 spiro atoms. The topological polar surface area (TPSA) is 0 Å². The molecule has 0 bridgehead atoms. The molecule has 0 aliphatic carbocycles. The van der Waals surface area contributed by atoms with E-state index < -0.39 is 0 Å². The van der Waals surface area contributed by atoms with Crippen LogP contribution >= 0.6 is 0 Å². The first-order valence-corrected chi connectivity index (χ1v) is 8.49. The first-order valence-electron chi connectivity index (χ1n) is 1.41. The van der Waals surface area contributed by atoms with Crippen molar-refractivity contribution < 1.29 is 17.1 Å². The van der Waals surface area contributed by atoms with Gasteiger partial charge in [-0.3, -0.25) is 0 Å². The molecule has 0 amide bonds. The predicted molar refractivity (Wildman–Crippen MR) is 31.5 cm³/mol. The van der Waals surface area contributed by atoms with E-state index in [0.29, 0.717) is 14.6 Å².